The molecule has 18 heavy (non-hydrogen) atoms. The van der Waals surface area contributed by atoms with E-state index in [9.17, 15) is 0 Å². The van der Waals surface area contributed by atoms with Gasteiger partial charge < -0.3 is 4.57 Å². The third kappa shape index (κ3) is 1.96. The van der Waals surface area contributed by atoms with Crippen molar-refractivity contribution in [2.24, 2.45) is 0 Å². The molecule has 3 rings (SSSR count). The Hall–Kier alpha value is -1.57. The first-order valence-electron chi connectivity index (χ1n) is 5.49. The number of rotatable bonds is 2. The van der Waals surface area contributed by atoms with Crippen LogP contribution in [0.3, 0.4) is 0 Å². The van der Waals surface area contributed by atoms with Crippen LogP contribution in [0.1, 0.15) is 10.4 Å². The summed E-state index contributed by atoms with van der Waals surface area (Å²) in [6, 6.07) is 12.2. The van der Waals surface area contributed by atoms with Gasteiger partial charge >= 0.3 is 0 Å². The summed E-state index contributed by atoms with van der Waals surface area (Å²) in [6.45, 7) is 0.842. The standard InChI is InChI=1S/C14H9BrN2S/c15-11-6-12(18-9-11)8-17-5-4-13-10(7-16)2-1-3-14(13)17/h1-6,9H,8H2. The van der Waals surface area contributed by atoms with Crippen LogP contribution in [0.2, 0.25) is 0 Å². The normalized spacial score (nSPS) is 10.7. The minimum atomic E-state index is 0.735. The topological polar surface area (TPSA) is 28.7 Å². The van der Waals surface area contributed by atoms with Gasteiger partial charge in [0.25, 0.3) is 0 Å². The smallest absolute Gasteiger partial charge is 0.0998 e. The molecule has 0 bridgehead atoms. The van der Waals surface area contributed by atoms with Crippen molar-refractivity contribution in [3.63, 3.8) is 0 Å². The van der Waals surface area contributed by atoms with E-state index in [4.69, 9.17) is 5.26 Å². The van der Waals surface area contributed by atoms with Crippen LogP contribution >= 0.6 is 27.3 Å². The predicted octanol–water partition coefficient (Wildman–Crippen LogP) is 4.39. The Morgan fingerprint density at radius 2 is 2.22 bits per heavy atom. The van der Waals surface area contributed by atoms with Crippen LogP contribution in [0.25, 0.3) is 10.9 Å². The molecule has 0 unspecified atom stereocenters. The predicted molar refractivity (Wildman–Crippen MR) is 77.8 cm³/mol. The first kappa shape index (κ1) is 11.5. The molecule has 0 atom stereocenters. The quantitative estimate of drug-likeness (QED) is 0.689. The Labute approximate surface area is 117 Å². The first-order valence-corrected chi connectivity index (χ1v) is 7.16. The summed E-state index contributed by atoms with van der Waals surface area (Å²) in [5.41, 5.74) is 1.84. The molecule has 1 aromatic carbocycles. The van der Waals surface area contributed by atoms with E-state index >= 15 is 0 Å². The van der Waals surface area contributed by atoms with E-state index in [2.05, 4.69) is 44.1 Å². The van der Waals surface area contributed by atoms with Crippen LogP contribution in [-0.4, -0.2) is 4.57 Å². The average molecular weight is 317 g/mol. The summed E-state index contributed by atoms with van der Waals surface area (Å²) < 4.78 is 3.30. The molecule has 0 aliphatic carbocycles. The Balaban J connectivity index is 2.06. The Morgan fingerprint density at radius 3 is 2.94 bits per heavy atom. The van der Waals surface area contributed by atoms with Gasteiger partial charge in [0, 0.05) is 31.8 Å². The van der Waals surface area contributed by atoms with Crippen molar-refractivity contribution in [1.82, 2.24) is 4.57 Å². The molecule has 0 saturated carbocycles. The molecule has 0 saturated heterocycles. The SMILES string of the molecule is N#Cc1cccc2c1ccn2Cc1cc(Br)cs1. The van der Waals surface area contributed by atoms with Gasteiger partial charge in [-0.1, -0.05) is 6.07 Å². The van der Waals surface area contributed by atoms with Gasteiger partial charge in [-0.15, -0.1) is 11.3 Å². The summed E-state index contributed by atoms with van der Waals surface area (Å²) in [5, 5.41) is 12.2. The third-order valence-corrected chi connectivity index (χ3v) is 4.56. The molecule has 0 aliphatic heterocycles. The van der Waals surface area contributed by atoms with Crippen LogP contribution in [0.4, 0.5) is 0 Å². The van der Waals surface area contributed by atoms with E-state index in [-0.39, 0.29) is 0 Å². The lowest BCUT2D eigenvalue weighted by Crippen LogP contribution is -1.95. The summed E-state index contributed by atoms with van der Waals surface area (Å²) in [7, 11) is 0. The molecular weight excluding hydrogens is 308 g/mol. The largest absolute Gasteiger partial charge is 0.342 e. The Morgan fingerprint density at radius 1 is 1.33 bits per heavy atom. The summed E-state index contributed by atoms with van der Waals surface area (Å²) in [6.07, 6.45) is 2.04. The molecule has 0 aliphatic rings. The molecular formula is C14H9BrN2S. The molecule has 0 N–H and O–H groups in total. The first-order chi connectivity index (χ1) is 8.78. The molecule has 88 valence electrons. The number of hydrogen-bond acceptors (Lipinski definition) is 2. The fourth-order valence-corrected chi connectivity index (χ4v) is 3.51. The van der Waals surface area contributed by atoms with Crippen LogP contribution < -0.4 is 0 Å². The van der Waals surface area contributed by atoms with Gasteiger partial charge in [-0.3, -0.25) is 0 Å². The highest BCUT2D eigenvalue weighted by Crippen LogP contribution is 2.24. The summed E-state index contributed by atoms with van der Waals surface area (Å²) in [5.74, 6) is 0. The van der Waals surface area contributed by atoms with Gasteiger partial charge in [0.05, 0.1) is 18.2 Å². The lowest BCUT2D eigenvalue weighted by Gasteiger charge is -2.03. The van der Waals surface area contributed by atoms with Crippen molar-refractivity contribution in [3.05, 3.63) is 56.8 Å². The van der Waals surface area contributed by atoms with Crippen LogP contribution in [0, 0.1) is 11.3 Å². The number of hydrogen-bond donors (Lipinski definition) is 0. The minimum absolute atomic E-state index is 0.735. The number of nitriles is 1. The highest BCUT2D eigenvalue weighted by atomic mass is 79.9. The molecule has 0 radical (unpaired) electrons. The maximum Gasteiger partial charge on any atom is 0.0998 e. The number of benzene rings is 1. The average Bonchev–Trinajstić information content (AvgIpc) is 2.97. The van der Waals surface area contributed by atoms with Crippen LogP contribution in [0.5, 0.6) is 0 Å². The number of nitrogens with zero attached hydrogens (tertiary/aromatic N) is 2. The second-order valence-corrected chi connectivity index (χ2v) is 5.94. The summed E-state index contributed by atoms with van der Waals surface area (Å²) >= 11 is 5.20. The number of thiophene rings is 1. The zero-order valence-corrected chi connectivity index (χ0v) is 11.8. The fraction of sp³-hybridized carbons (Fsp3) is 0.0714. The van der Waals surface area contributed by atoms with Crippen molar-refractivity contribution in [2.75, 3.05) is 0 Å². The number of halogens is 1. The van der Waals surface area contributed by atoms with E-state index in [0.717, 1.165) is 27.5 Å². The molecule has 2 nitrogen and oxygen atoms in total. The Kier molecular flexibility index (Phi) is 2.94. The third-order valence-electron chi connectivity index (χ3n) is 2.88. The van der Waals surface area contributed by atoms with Gasteiger partial charge in [-0.25, -0.2) is 0 Å². The van der Waals surface area contributed by atoms with Crippen LogP contribution in [-0.2, 0) is 6.54 Å². The molecule has 2 aromatic heterocycles. The van der Waals surface area contributed by atoms with Crippen molar-refractivity contribution in [3.8, 4) is 6.07 Å². The zero-order valence-electron chi connectivity index (χ0n) is 9.43. The Bertz CT molecular complexity index is 749. The lowest BCUT2D eigenvalue weighted by molar-refractivity contribution is 0.851. The van der Waals surface area contributed by atoms with Crippen LogP contribution in [0.15, 0.2) is 46.4 Å². The van der Waals surface area contributed by atoms with E-state index in [1.165, 1.54) is 4.88 Å². The fourth-order valence-electron chi connectivity index (χ4n) is 2.06. The van der Waals surface area contributed by atoms with Crippen molar-refractivity contribution >= 4 is 38.2 Å². The molecule has 3 aromatic rings. The van der Waals surface area contributed by atoms with Gasteiger partial charge in [0.1, 0.15) is 0 Å². The highest BCUT2D eigenvalue weighted by Gasteiger charge is 2.06. The van der Waals surface area contributed by atoms with Gasteiger partial charge in [0.2, 0.25) is 0 Å². The van der Waals surface area contributed by atoms with E-state index in [1.54, 1.807) is 11.3 Å². The van der Waals surface area contributed by atoms with Gasteiger partial charge in [-0.05, 0) is 40.2 Å². The minimum Gasteiger partial charge on any atom is -0.342 e. The second kappa shape index (κ2) is 4.60. The highest BCUT2D eigenvalue weighted by molar-refractivity contribution is 9.10. The molecule has 0 fully saturated rings. The van der Waals surface area contributed by atoms with Crippen molar-refractivity contribution in [2.45, 2.75) is 6.54 Å². The van der Waals surface area contributed by atoms with E-state index < -0.39 is 0 Å². The molecule has 0 amide bonds. The maximum atomic E-state index is 9.07. The number of aromatic nitrogens is 1. The monoisotopic (exact) mass is 316 g/mol. The second-order valence-electron chi connectivity index (χ2n) is 4.03. The lowest BCUT2D eigenvalue weighted by atomic mass is 10.1. The van der Waals surface area contributed by atoms with E-state index in [0.29, 0.717) is 0 Å². The summed E-state index contributed by atoms with van der Waals surface area (Å²) in [4.78, 5) is 1.29. The van der Waals surface area contributed by atoms with E-state index in [1.807, 2.05) is 24.4 Å². The maximum absolute atomic E-state index is 9.07. The van der Waals surface area contributed by atoms with Crippen molar-refractivity contribution in [1.29, 1.82) is 5.26 Å². The van der Waals surface area contributed by atoms with Gasteiger partial charge in [-0.2, -0.15) is 5.26 Å². The van der Waals surface area contributed by atoms with Gasteiger partial charge in [0.15, 0.2) is 0 Å². The molecule has 0 spiro atoms. The number of fused-ring (bicyclic) bond motifs is 1. The zero-order chi connectivity index (χ0) is 12.5. The molecule has 4 heteroatoms. The molecule has 2 heterocycles. The van der Waals surface area contributed by atoms with Crippen molar-refractivity contribution < 1.29 is 0 Å².